The second-order valence-electron chi connectivity index (χ2n) is 4.45. The highest BCUT2D eigenvalue weighted by Gasteiger charge is 2.18. The molecule has 1 N–H and O–H groups in total. The Labute approximate surface area is 138 Å². The van der Waals surface area contributed by atoms with Gasteiger partial charge < -0.3 is 5.11 Å². The molecular formula is C15H12Cl4O. The number of benzene rings is 2. The van der Waals surface area contributed by atoms with E-state index in [0.29, 0.717) is 26.5 Å². The topological polar surface area (TPSA) is 20.2 Å². The quantitative estimate of drug-likeness (QED) is 0.759. The van der Waals surface area contributed by atoms with E-state index in [0.717, 1.165) is 11.1 Å². The summed E-state index contributed by atoms with van der Waals surface area (Å²) in [6.45, 7) is -0.0527. The number of hydrogen-bond acceptors (Lipinski definition) is 1. The van der Waals surface area contributed by atoms with Crippen molar-refractivity contribution < 1.29 is 5.11 Å². The molecule has 5 heteroatoms. The summed E-state index contributed by atoms with van der Waals surface area (Å²) in [5.74, 6) is -0.183. The van der Waals surface area contributed by atoms with E-state index in [9.17, 15) is 5.11 Å². The minimum Gasteiger partial charge on any atom is -0.396 e. The summed E-state index contributed by atoms with van der Waals surface area (Å²) in [5, 5.41) is 11.9. The molecule has 0 amide bonds. The lowest BCUT2D eigenvalue weighted by atomic mass is 9.92. The predicted octanol–water partition coefficient (Wildman–Crippen LogP) is 5.62. The first-order chi connectivity index (χ1) is 9.52. The fraction of sp³-hybridized carbons (Fsp3) is 0.200. The second-order valence-corrected chi connectivity index (χ2v) is 6.11. The maximum absolute atomic E-state index is 9.64. The Morgan fingerprint density at radius 3 is 2.10 bits per heavy atom. The molecule has 0 spiro atoms. The van der Waals surface area contributed by atoms with Gasteiger partial charge in [-0.15, -0.1) is 0 Å². The van der Waals surface area contributed by atoms with Crippen molar-refractivity contribution in [3.8, 4) is 0 Å². The summed E-state index contributed by atoms with van der Waals surface area (Å²) >= 11 is 24.4. The van der Waals surface area contributed by atoms with Gasteiger partial charge in [0, 0.05) is 26.0 Å². The highest BCUT2D eigenvalue weighted by molar-refractivity contribution is 6.36. The Bertz CT molecular complexity index is 593. The van der Waals surface area contributed by atoms with Gasteiger partial charge in [-0.3, -0.25) is 0 Å². The molecule has 0 bridgehead atoms. The summed E-state index contributed by atoms with van der Waals surface area (Å²) < 4.78 is 0. The third kappa shape index (κ3) is 3.60. The Morgan fingerprint density at radius 2 is 1.55 bits per heavy atom. The monoisotopic (exact) mass is 348 g/mol. The van der Waals surface area contributed by atoms with Gasteiger partial charge in [0.25, 0.3) is 0 Å². The third-order valence-corrected chi connectivity index (χ3v) is 4.41. The summed E-state index contributed by atoms with van der Waals surface area (Å²) in [7, 11) is 0. The molecule has 2 rings (SSSR count). The SMILES string of the molecule is OC[C@@H](Cc1c(Cl)cccc1Cl)c1ccc(Cl)cc1Cl. The molecule has 0 unspecified atom stereocenters. The normalized spacial score (nSPS) is 12.4. The smallest absolute Gasteiger partial charge is 0.0503 e. The largest absolute Gasteiger partial charge is 0.396 e. The van der Waals surface area contributed by atoms with E-state index in [4.69, 9.17) is 46.4 Å². The van der Waals surface area contributed by atoms with Crippen LogP contribution in [0, 0.1) is 0 Å². The van der Waals surface area contributed by atoms with Crippen molar-refractivity contribution in [1.29, 1.82) is 0 Å². The van der Waals surface area contributed by atoms with Crippen molar-refractivity contribution in [2.45, 2.75) is 12.3 Å². The molecule has 2 aromatic rings. The van der Waals surface area contributed by atoms with Crippen molar-refractivity contribution in [2.75, 3.05) is 6.61 Å². The molecule has 1 nitrogen and oxygen atoms in total. The molecule has 106 valence electrons. The van der Waals surface area contributed by atoms with E-state index in [-0.39, 0.29) is 12.5 Å². The molecule has 1 atom stereocenters. The Hall–Kier alpha value is -0.440. The van der Waals surface area contributed by atoms with Crippen molar-refractivity contribution >= 4 is 46.4 Å². The molecule has 0 saturated heterocycles. The molecule has 0 aromatic heterocycles. The average Bonchev–Trinajstić information content (AvgIpc) is 2.40. The molecule has 0 heterocycles. The Morgan fingerprint density at radius 1 is 0.900 bits per heavy atom. The van der Waals surface area contributed by atoms with Crippen LogP contribution in [0.1, 0.15) is 17.0 Å². The maximum Gasteiger partial charge on any atom is 0.0503 e. The van der Waals surface area contributed by atoms with E-state index in [2.05, 4.69) is 0 Å². The zero-order chi connectivity index (χ0) is 14.7. The minimum atomic E-state index is -0.183. The van der Waals surface area contributed by atoms with Crippen LogP contribution >= 0.6 is 46.4 Å². The number of aliphatic hydroxyl groups is 1. The molecule has 0 aliphatic heterocycles. The van der Waals surface area contributed by atoms with E-state index < -0.39 is 0 Å². The Kier molecular flexibility index (Phi) is 5.59. The molecule has 20 heavy (non-hydrogen) atoms. The summed E-state index contributed by atoms with van der Waals surface area (Å²) in [6.07, 6.45) is 0.510. The van der Waals surface area contributed by atoms with Crippen LogP contribution in [0.15, 0.2) is 36.4 Å². The fourth-order valence-corrected chi connectivity index (χ4v) is 3.19. The van der Waals surface area contributed by atoms with Gasteiger partial charge in [0.15, 0.2) is 0 Å². The summed E-state index contributed by atoms with van der Waals surface area (Å²) in [6, 6.07) is 10.6. The molecular weight excluding hydrogens is 338 g/mol. The standard InChI is InChI=1S/C15H12Cl4O/c16-10-4-5-11(15(19)7-10)9(8-20)6-12-13(17)2-1-3-14(12)18/h1-5,7,9,20H,6,8H2/t9-/m1/s1. The highest BCUT2D eigenvalue weighted by atomic mass is 35.5. The first-order valence-electron chi connectivity index (χ1n) is 6.01. The molecule has 0 aliphatic rings. The van der Waals surface area contributed by atoms with Crippen molar-refractivity contribution in [3.05, 3.63) is 67.6 Å². The average molecular weight is 350 g/mol. The van der Waals surface area contributed by atoms with Crippen LogP contribution in [0.25, 0.3) is 0 Å². The van der Waals surface area contributed by atoms with Crippen LogP contribution in [-0.2, 0) is 6.42 Å². The van der Waals surface area contributed by atoms with Gasteiger partial charge in [0.05, 0.1) is 6.61 Å². The van der Waals surface area contributed by atoms with Crippen molar-refractivity contribution in [2.24, 2.45) is 0 Å². The number of hydrogen-bond donors (Lipinski definition) is 1. The molecule has 2 aromatic carbocycles. The van der Waals surface area contributed by atoms with Gasteiger partial charge in [-0.05, 0) is 41.8 Å². The van der Waals surface area contributed by atoms with Gasteiger partial charge >= 0.3 is 0 Å². The first-order valence-corrected chi connectivity index (χ1v) is 7.52. The highest BCUT2D eigenvalue weighted by Crippen LogP contribution is 2.33. The lowest BCUT2D eigenvalue weighted by molar-refractivity contribution is 0.264. The third-order valence-electron chi connectivity index (χ3n) is 3.13. The maximum atomic E-state index is 9.64. The predicted molar refractivity (Wildman–Crippen MR) is 86.5 cm³/mol. The van der Waals surface area contributed by atoms with E-state index >= 15 is 0 Å². The van der Waals surface area contributed by atoms with Crippen LogP contribution in [0.4, 0.5) is 0 Å². The van der Waals surface area contributed by atoms with Gasteiger partial charge in [0.2, 0.25) is 0 Å². The van der Waals surface area contributed by atoms with E-state index in [1.165, 1.54) is 0 Å². The van der Waals surface area contributed by atoms with Crippen LogP contribution in [0.2, 0.25) is 20.1 Å². The zero-order valence-corrected chi connectivity index (χ0v) is 13.4. The lowest BCUT2D eigenvalue weighted by Gasteiger charge is -2.18. The molecule has 0 radical (unpaired) electrons. The van der Waals surface area contributed by atoms with Crippen molar-refractivity contribution in [1.82, 2.24) is 0 Å². The molecule has 0 saturated carbocycles. The number of rotatable bonds is 4. The van der Waals surface area contributed by atoms with Crippen LogP contribution in [0.3, 0.4) is 0 Å². The summed E-state index contributed by atoms with van der Waals surface area (Å²) in [5.41, 5.74) is 1.63. The van der Waals surface area contributed by atoms with E-state index in [1.807, 2.05) is 6.07 Å². The van der Waals surface area contributed by atoms with Gasteiger partial charge in [-0.1, -0.05) is 58.5 Å². The van der Waals surface area contributed by atoms with E-state index in [1.54, 1.807) is 30.3 Å². The molecule has 0 aliphatic carbocycles. The van der Waals surface area contributed by atoms with Gasteiger partial charge in [-0.2, -0.15) is 0 Å². The van der Waals surface area contributed by atoms with Gasteiger partial charge in [-0.25, -0.2) is 0 Å². The summed E-state index contributed by atoms with van der Waals surface area (Å²) in [4.78, 5) is 0. The minimum absolute atomic E-state index is 0.0527. The molecule has 0 fully saturated rings. The second kappa shape index (κ2) is 7.02. The Balaban J connectivity index is 2.34. The van der Waals surface area contributed by atoms with Crippen molar-refractivity contribution in [3.63, 3.8) is 0 Å². The fourth-order valence-electron chi connectivity index (χ4n) is 2.08. The lowest BCUT2D eigenvalue weighted by Crippen LogP contribution is -2.09. The first kappa shape index (κ1) is 15.9. The van der Waals surface area contributed by atoms with Gasteiger partial charge in [0.1, 0.15) is 0 Å². The van der Waals surface area contributed by atoms with Crippen LogP contribution in [0.5, 0.6) is 0 Å². The number of aliphatic hydroxyl groups excluding tert-OH is 1. The van der Waals surface area contributed by atoms with Crippen LogP contribution < -0.4 is 0 Å². The zero-order valence-electron chi connectivity index (χ0n) is 10.4. The van der Waals surface area contributed by atoms with Crippen LogP contribution in [-0.4, -0.2) is 11.7 Å². The number of halogens is 4.